The number of alkyl halides is 3. The molecule has 0 aliphatic heterocycles. The average Bonchev–Trinajstić information content (AvgIpc) is 2.77. The number of aromatic nitrogens is 1. The molecule has 0 fully saturated rings. The number of rotatable bonds is 7. The van der Waals surface area contributed by atoms with Gasteiger partial charge in [-0.1, -0.05) is 36.4 Å². The topological polar surface area (TPSA) is 103 Å². The molecule has 0 amide bonds. The molecule has 0 saturated carbocycles. The molecule has 0 bridgehead atoms. The fraction of sp³-hybridized carbons (Fsp3) is 0.240. The molecule has 1 aromatic heterocycles. The second-order valence-corrected chi connectivity index (χ2v) is 10.6. The minimum Gasteiger partial charge on any atom is -0.385 e. The van der Waals surface area contributed by atoms with Crippen LogP contribution >= 0.6 is 0 Å². The van der Waals surface area contributed by atoms with Crippen LogP contribution in [0, 0.1) is 5.41 Å². The van der Waals surface area contributed by atoms with E-state index >= 15 is 0 Å². The quantitative estimate of drug-likeness (QED) is 0.417. The molecule has 0 aliphatic rings. The number of benzene rings is 2. The van der Waals surface area contributed by atoms with Gasteiger partial charge in [0.05, 0.1) is 33.7 Å². The monoisotopic (exact) mass is 503 g/mol. The second kappa shape index (κ2) is 9.71. The highest BCUT2D eigenvalue weighted by Crippen LogP contribution is 2.36. The van der Waals surface area contributed by atoms with Crippen molar-refractivity contribution in [1.82, 2.24) is 4.98 Å². The Kier molecular flexibility index (Phi) is 7.28. The maximum Gasteiger partial charge on any atom is 0.418 e. The van der Waals surface area contributed by atoms with Gasteiger partial charge >= 0.3 is 6.18 Å². The Balaban J connectivity index is 2.07. The molecule has 3 rings (SSSR count). The van der Waals surface area contributed by atoms with Crippen molar-refractivity contribution in [2.24, 2.45) is 4.99 Å². The van der Waals surface area contributed by atoms with Crippen LogP contribution in [0.4, 0.5) is 18.9 Å². The van der Waals surface area contributed by atoms with E-state index < -0.39 is 32.9 Å². The number of sulfone groups is 1. The lowest BCUT2D eigenvalue weighted by Crippen LogP contribution is -2.32. The lowest BCUT2D eigenvalue weighted by Gasteiger charge is -2.20. The Morgan fingerprint density at radius 3 is 2.29 bits per heavy atom. The summed E-state index contributed by atoms with van der Waals surface area (Å²) >= 11 is 0. The summed E-state index contributed by atoms with van der Waals surface area (Å²) in [6, 6.07) is 13.9. The molecule has 0 unspecified atom stereocenters. The fourth-order valence-electron chi connectivity index (χ4n) is 3.21. The number of pyridine rings is 1. The van der Waals surface area contributed by atoms with Gasteiger partial charge in [0, 0.05) is 24.6 Å². The molecule has 2 aromatic carbocycles. The van der Waals surface area contributed by atoms with E-state index in [1.807, 2.05) is 0 Å². The molecular weight excluding hydrogens is 479 g/mol. The lowest BCUT2D eigenvalue weighted by atomic mass is 9.94. The summed E-state index contributed by atoms with van der Waals surface area (Å²) in [6.45, 7) is 2.83. The van der Waals surface area contributed by atoms with Gasteiger partial charge in [0.25, 0.3) is 0 Å². The highest BCUT2D eigenvalue weighted by atomic mass is 32.2. The maximum atomic E-state index is 13.5. The van der Waals surface area contributed by atoms with Gasteiger partial charge in [-0.15, -0.1) is 0 Å². The molecule has 6 nitrogen and oxygen atoms in total. The average molecular weight is 504 g/mol. The van der Waals surface area contributed by atoms with Crippen LogP contribution in [0.2, 0.25) is 0 Å². The molecule has 10 heteroatoms. The summed E-state index contributed by atoms with van der Waals surface area (Å²) in [6.07, 6.45) is -1.70. The SMILES string of the molecule is CC(C)(O)C(=N)CC(=Nc1cnccc1C(F)(F)F)c1ccc(-c2cccc(S(C)(=O)=O)c2)cc1. The number of nitrogens with one attached hydrogen (secondary N) is 1. The maximum absolute atomic E-state index is 13.5. The Morgan fingerprint density at radius 1 is 1.06 bits per heavy atom. The van der Waals surface area contributed by atoms with E-state index in [0.717, 1.165) is 24.7 Å². The van der Waals surface area contributed by atoms with Gasteiger partial charge in [0.1, 0.15) is 0 Å². The summed E-state index contributed by atoms with van der Waals surface area (Å²) in [5.41, 5.74) is -1.06. The molecule has 0 aliphatic carbocycles. The summed E-state index contributed by atoms with van der Waals surface area (Å²) in [7, 11) is -3.40. The zero-order valence-corrected chi connectivity index (χ0v) is 20.1. The number of aliphatic hydroxyl groups is 1. The predicted octanol–water partition coefficient (Wildman–Crippen LogP) is 5.47. The normalized spacial score (nSPS) is 13.1. The van der Waals surface area contributed by atoms with E-state index in [-0.39, 0.29) is 22.7 Å². The number of nitrogens with zero attached hydrogens (tertiary/aromatic N) is 2. The molecule has 0 atom stereocenters. The minimum atomic E-state index is -4.65. The third-order valence-electron chi connectivity index (χ3n) is 5.26. The first-order chi connectivity index (χ1) is 16.2. The summed E-state index contributed by atoms with van der Waals surface area (Å²) in [4.78, 5) is 8.12. The van der Waals surface area contributed by atoms with Crippen LogP contribution < -0.4 is 0 Å². The Morgan fingerprint density at radius 2 is 1.71 bits per heavy atom. The van der Waals surface area contributed by atoms with Crippen molar-refractivity contribution in [3.8, 4) is 11.1 Å². The highest BCUT2D eigenvalue weighted by molar-refractivity contribution is 7.90. The standard InChI is InChI=1S/C25H24F3N3O3S/c1-24(2,32)23(29)14-21(31-22-15-30-12-11-20(22)25(26,27)28)17-9-7-16(8-10-17)18-5-4-6-19(13-18)35(3,33)34/h4-13,15,29,32H,14H2,1-3H3. The lowest BCUT2D eigenvalue weighted by molar-refractivity contribution is -0.137. The third-order valence-corrected chi connectivity index (χ3v) is 6.37. The first-order valence-electron chi connectivity index (χ1n) is 10.5. The van der Waals surface area contributed by atoms with E-state index in [1.165, 1.54) is 26.0 Å². The Labute approximate surface area is 201 Å². The van der Waals surface area contributed by atoms with Crippen molar-refractivity contribution in [3.05, 3.63) is 78.1 Å². The summed E-state index contributed by atoms with van der Waals surface area (Å²) < 4.78 is 64.2. The zero-order chi connectivity index (χ0) is 26.0. The fourth-order valence-corrected chi connectivity index (χ4v) is 3.88. The largest absolute Gasteiger partial charge is 0.418 e. The van der Waals surface area contributed by atoms with Crippen LogP contribution in [0.1, 0.15) is 31.4 Å². The van der Waals surface area contributed by atoms with Gasteiger partial charge in [-0.25, -0.2) is 8.42 Å². The van der Waals surface area contributed by atoms with E-state index in [4.69, 9.17) is 5.41 Å². The van der Waals surface area contributed by atoms with Crippen molar-refractivity contribution in [2.45, 2.75) is 36.9 Å². The molecule has 0 saturated heterocycles. The van der Waals surface area contributed by atoms with E-state index in [9.17, 15) is 26.7 Å². The van der Waals surface area contributed by atoms with Gasteiger partial charge in [0.2, 0.25) is 0 Å². The smallest absolute Gasteiger partial charge is 0.385 e. The number of hydrogen-bond acceptors (Lipinski definition) is 6. The summed E-state index contributed by atoms with van der Waals surface area (Å²) in [5.74, 6) is 0. The van der Waals surface area contributed by atoms with Gasteiger partial charge in [-0.05, 0) is 48.7 Å². The first-order valence-corrected chi connectivity index (χ1v) is 12.4. The number of hydrogen-bond donors (Lipinski definition) is 2. The number of halogens is 3. The molecule has 0 radical (unpaired) electrons. The van der Waals surface area contributed by atoms with Crippen molar-refractivity contribution in [2.75, 3.05) is 6.26 Å². The number of aliphatic imine (C=N–C) groups is 1. The molecular formula is C25H24F3N3O3S. The van der Waals surface area contributed by atoms with E-state index in [0.29, 0.717) is 16.7 Å². The summed E-state index contributed by atoms with van der Waals surface area (Å²) in [5, 5.41) is 18.4. The Bertz CT molecular complexity index is 1380. The predicted molar refractivity (Wildman–Crippen MR) is 129 cm³/mol. The molecule has 184 valence electrons. The van der Waals surface area contributed by atoms with Gasteiger partial charge in [0.15, 0.2) is 9.84 Å². The third kappa shape index (κ3) is 6.61. The molecule has 3 aromatic rings. The van der Waals surface area contributed by atoms with Crippen LogP contribution in [0.25, 0.3) is 11.1 Å². The second-order valence-electron chi connectivity index (χ2n) is 8.54. The highest BCUT2D eigenvalue weighted by Gasteiger charge is 2.34. The minimum absolute atomic E-state index is 0.126. The molecule has 35 heavy (non-hydrogen) atoms. The zero-order valence-electron chi connectivity index (χ0n) is 19.3. The van der Waals surface area contributed by atoms with E-state index in [1.54, 1.807) is 36.4 Å². The van der Waals surface area contributed by atoms with Crippen molar-refractivity contribution in [1.29, 1.82) is 5.41 Å². The molecule has 1 heterocycles. The van der Waals surface area contributed by atoms with Crippen LogP contribution in [-0.2, 0) is 16.0 Å². The van der Waals surface area contributed by atoms with Crippen LogP contribution in [-0.4, -0.2) is 41.8 Å². The first kappa shape index (κ1) is 26.2. The van der Waals surface area contributed by atoms with Crippen LogP contribution in [0.15, 0.2) is 76.9 Å². The van der Waals surface area contributed by atoms with Gasteiger partial charge in [-0.2, -0.15) is 13.2 Å². The van der Waals surface area contributed by atoms with Crippen molar-refractivity contribution >= 4 is 26.9 Å². The van der Waals surface area contributed by atoms with E-state index in [2.05, 4.69) is 9.98 Å². The van der Waals surface area contributed by atoms with Gasteiger partial charge in [-0.3, -0.25) is 9.98 Å². The Hall–Kier alpha value is -3.37. The molecule has 2 N–H and O–H groups in total. The van der Waals surface area contributed by atoms with Crippen LogP contribution in [0.5, 0.6) is 0 Å². The molecule has 0 spiro atoms. The van der Waals surface area contributed by atoms with Crippen molar-refractivity contribution < 1.29 is 26.7 Å². The van der Waals surface area contributed by atoms with Crippen molar-refractivity contribution in [3.63, 3.8) is 0 Å². The van der Waals surface area contributed by atoms with Crippen LogP contribution in [0.3, 0.4) is 0 Å². The van der Waals surface area contributed by atoms with Gasteiger partial charge < -0.3 is 10.5 Å².